The van der Waals surface area contributed by atoms with Gasteiger partial charge in [-0.3, -0.25) is 19.1 Å². The first-order valence-electron chi connectivity index (χ1n) is 12.7. The van der Waals surface area contributed by atoms with Gasteiger partial charge in [-0.1, -0.05) is 11.6 Å². The number of thiophene rings is 1. The number of carbonyl (C=O) groups excluding carboxylic acids is 2. The molecule has 3 heterocycles. The van der Waals surface area contributed by atoms with Crippen molar-refractivity contribution in [3.8, 4) is 16.9 Å². The third kappa shape index (κ3) is 4.43. The Hall–Kier alpha value is -3.56. The number of fused-ring (bicyclic) bond motifs is 3. The first-order chi connectivity index (χ1) is 18.7. The van der Waals surface area contributed by atoms with Crippen LogP contribution in [0.25, 0.3) is 21.3 Å². The third-order valence-corrected chi connectivity index (χ3v) is 8.82. The number of Topliss-reactive ketones (excluding diaryl/α,β-unsaturated/α-hetero) is 1. The van der Waals surface area contributed by atoms with Crippen molar-refractivity contribution in [1.29, 1.82) is 0 Å². The highest BCUT2D eigenvalue weighted by Gasteiger charge is 2.51. The topological polar surface area (TPSA) is 100 Å². The lowest BCUT2D eigenvalue weighted by Crippen LogP contribution is -2.37. The molecule has 6 rings (SSSR count). The lowest BCUT2D eigenvalue weighted by atomic mass is 9.83. The third-order valence-electron chi connectivity index (χ3n) is 7.58. The van der Waals surface area contributed by atoms with Crippen LogP contribution in [0, 0.1) is 13.8 Å². The fourth-order valence-electron chi connectivity index (χ4n) is 5.52. The van der Waals surface area contributed by atoms with E-state index in [4.69, 9.17) is 26.1 Å². The van der Waals surface area contributed by atoms with Gasteiger partial charge in [0.2, 0.25) is 0 Å². The summed E-state index contributed by atoms with van der Waals surface area (Å²) < 4.78 is 13.6. The summed E-state index contributed by atoms with van der Waals surface area (Å²) in [5.74, 6) is 0.878. The number of rotatable bonds is 6. The molecule has 3 aromatic heterocycles. The van der Waals surface area contributed by atoms with Crippen LogP contribution in [0.4, 0.5) is 0 Å². The maximum Gasteiger partial charge on any atom is 0.340 e. The van der Waals surface area contributed by atoms with Crippen LogP contribution in [0.5, 0.6) is 5.75 Å². The number of methoxy groups -OCH3 is 1. The average Bonchev–Trinajstić information content (AvgIpc) is 3.54. The quantitative estimate of drug-likeness (QED) is 0.297. The Morgan fingerprint density at radius 3 is 2.69 bits per heavy atom. The van der Waals surface area contributed by atoms with Crippen molar-refractivity contribution in [2.24, 2.45) is 0 Å². The molecule has 0 N–H and O–H groups in total. The summed E-state index contributed by atoms with van der Waals surface area (Å²) in [6.07, 6.45) is 2.47. The molecule has 0 radical (unpaired) electrons. The van der Waals surface area contributed by atoms with Gasteiger partial charge in [-0.25, -0.2) is 9.78 Å². The predicted octanol–water partition coefficient (Wildman–Crippen LogP) is 5.20. The first-order valence-corrected chi connectivity index (χ1v) is 14.0. The van der Waals surface area contributed by atoms with Crippen molar-refractivity contribution in [3.05, 3.63) is 73.4 Å². The smallest absolute Gasteiger partial charge is 0.340 e. The molecule has 0 bridgehead atoms. The second kappa shape index (κ2) is 9.57. The summed E-state index contributed by atoms with van der Waals surface area (Å²) in [4.78, 5) is 47.4. The maximum absolute atomic E-state index is 13.4. The molecule has 39 heavy (non-hydrogen) atoms. The number of carbonyl (C=O) groups is 2. The van der Waals surface area contributed by atoms with Crippen LogP contribution in [0.1, 0.15) is 52.4 Å². The van der Waals surface area contributed by atoms with Crippen LogP contribution in [0.15, 0.2) is 34.4 Å². The minimum Gasteiger partial charge on any atom is -0.491 e. The van der Waals surface area contributed by atoms with Gasteiger partial charge in [0.25, 0.3) is 5.56 Å². The molecule has 0 aliphatic heterocycles. The second-order valence-corrected chi connectivity index (χ2v) is 11.6. The standard InChI is InChI=1S/C29H26ClN3O5S/c1-15-10-20(25-24(31-15)22(14-39-25)28(36)37-3)19-11-17(30)4-5-23(19)38-9-8-33-16(2)32-26-21(27(33)35)12-18(34)13-29(26)6-7-29/h4-5,10-11,14H,6-9,12-13H2,1-3H3. The van der Waals surface area contributed by atoms with Crippen molar-refractivity contribution < 1.29 is 19.1 Å². The van der Waals surface area contributed by atoms with Crippen LogP contribution < -0.4 is 10.3 Å². The van der Waals surface area contributed by atoms with Crippen LogP contribution in [0.2, 0.25) is 5.02 Å². The van der Waals surface area contributed by atoms with E-state index >= 15 is 0 Å². The molecule has 0 atom stereocenters. The predicted molar refractivity (Wildman–Crippen MR) is 149 cm³/mol. The number of ether oxygens (including phenoxy) is 2. The van der Waals surface area contributed by atoms with E-state index in [0.29, 0.717) is 39.7 Å². The van der Waals surface area contributed by atoms with Gasteiger partial charge in [-0.15, -0.1) is 11.3 Å². The molecule has 2 aliphatic carbocycles. The van der Waals surface area contributed by atoms with Crippen LogP contribution in [0.3, 0.4) is 0 Å². The monoisotopic (exact) mass is 563 g/mol. The lowest BCUT2D eigenvalue weighted by Gasteiger charge is -2.24. The molecule has 200 valence electrons. The van der Waals surface area contributed by atoms with E-state index in [9.17, 15) is 14.4 Å². The number of pyridine rings is 1. The van der Waals surface area contributed by atoms with Gasteiger partial charge >= 0.3 is 5.97 Å². The molecule has 1 fully saturated rings. The highest BCUT2D eigenvalue weighted by molar-refractivity contribution is 7.18. The highest BCUT2D eigenvalue weighted by Crippen LogP contribution is 2.53. The summed E-state index contributed by atoms with van der Waals surface area (Å²) in [5, 5.41) is 2.28. The fourth-order valence-corrected chi connectivity index (χ4v) is 6.70. The number of aryl methyl sites for hydroxylation is 2. The zero-order chi connectivity index (χ0) is 27.5. The van der Waals surface area contributed by atoms with E-state index in [1.165, 1.54) is 18.4 Å². The average molecular weight is 564 g/mol. The Labute approximate surface area is 233 Å². The number of nitrogens with zero attached hydrogens (tertiary/aromatic N) is 3. The van der Waals surface area contributed by atoms with Crippen LogP contribution in [-0.2, 0) is 27.9 Å². The summed E-state index contributed by atoms with van der Waals surface area (Å²) >= 11 is 7.79. The summed E-state index contributed by atoms with van der Waals surface area (Å²) in [7, 11) is 1.35. The van der Waals surface area contributed by atoms with Gasteiger partial charge in [-0.05, 0) is 51.0 Å². The number of halogens is 1. The highest BCUT2D eigenvalue weighted by atomic mass is 35.5. The van der Waals surface area contributed by atoms with Gasteiger partial charge in [0, 0.05) is 51.0 Å². The minimum absolute atomic E-state index is 0.110. The maximum atomic E-state index is 13.4. The van der Waals surface area contributed by atoms with E-state index < -0.39 is 5.97 Å². The zero-order valence-electron chi connectivity index (χ0n) is 21.8. The summed E-state index contributed by atoms with van der Waals surface area (Å²) in [5.41, 5.74) is 4.29. The number of hydrogen-bond acceptors (Lipinski definition) is 8. The molecular formula is C29H26ClN3O5S. The van der Waals surface area contributed by atoms with Crippen LogP contribution >= 0.6 is 22.9 Å². The van der Waals surface area contributed by atoms with E-state index in [2.05, 4.69) is 4.98 Å². The number of ketones is 1. The van der Waals surface area contributed by atoms with E-state index in [1.54, 1.807) is 22.1 Å². The van der Waals surface area contributed by atoms with Crippen molar-refractivity contribution in [2.75, 3.05) is 13.7 Å². The fraction of sp³-hybridized carbons (Fsp3) is 0.345. The Bertz CT molecular complexity index is 1740. The Balaban J connectivity index is 1.32. The van der Waals surface area contributed by atoms with Crippen molar-refractivity contribution in [3.63, 3.8) is 0 Å². The lowest BCUT2D eigenvalue weighted by molar-refractivity contribution is -0.119. The Morgan fingerprint density at radius 2 is 1.95 bits per heavy atom. The van der Waals surface area contributed by atoms with Crippen LogP contribution in [-0.4, -0.2) is 40.0 Å². The van der Waals surface area contributed by atoms with E-state index in [1.807, 2.05) is 26.0 Å². The van der Waals surface area contributed by atoms with Gasteiger partial charge in [0.1, 0.15) is 24.0 Å². The number of esters is 1. The Morgan fingerprint density at radius 1 is 1.15 bits per heavy atom. The molecule has 2 aliphatic rings. The SMILES string of the molecule is COC(=O)c1csc2c(-c3cc(Cl)ccc3OCCn3c(C)nc4c(c3=O)CC(=O)CC43CC3)cc(C)nc12. The molecule has 4 aromatic rings. The van der Waals surface area contributed by atoms with E-state index in [-0.39, 0.29) is 36.3 Å². The zero-order valence-corrected chi connectivity index (χ0v) is 23.4. The minimum atomic E-state index is -0.443. The molecule has 10 heteroatoms. The molecular weight excluding hydrogens is 538 g/mol. The molecule has 0 saturated heterocycles. The van der Waals surface area contributed by atoms with Crippen molar-refractivity contribution in [1.82, 2.24) is 14.5 Å². The van der Waals surface area contributed by atoms with Gasteiger partial charge in [0.05, 0.1) is 35.1 Å². The van der Waals surface area contributed by atoms with Gasteiger partial charge in [-0.2, -0.15) is 0 Å². The molecule has 0 amide bonds. The molecule has 1 aromatic carbocycles. The summed E-state index contributed by atoms with van der Waals surface area (Å²) in [6, 6.07) is 7.30. The van der Waals surface area contributed by atoms with E-state index in [0.717, 1.165) is 40.1 Å². The molecule has 8 nitrogen and oxygen atoms in total. The molecule has 1 spiro atoms. The molecule has 0 unspecified atom stereocenters. The number of benzene rings is 1. The largest absolute Gasteiger partial charge is 0.491 e. The van der Waals surface area contributed by atoms with Crippen molar-refractivity contribution >= 4 is 44.9 Å². The normalized spacial score (nSPS) is 15.4. The van der Waals surface area contributed by atoms with Crippen molar-refractivity contribution in [2.45, 2.75) is 51.5 Å². The number of aromatic nitrogens is 3. The molecule has 1 saturated carbocycles. The van der Waals surface area contributed by atoms with Gasteiger partial charge in [0.15, 0.2) is 0 Å². The summed E-state index contributed by atoms with van der Waals surface area (Å²) in [6.45, 7) is 4.18. The second-order valence-electron chi connectivity index (χ2n) is 10.2. The van der Waals surface area contributed by atoms with Gasteiger partial charge < -0.3 is 9.47 Å². The Kier molecular flexibility index (Phi) is 6.31. The number of hydrogen-bond donors (Lipinski definition) is 0. The first kappa shape index (κ1) is 25.7.